The van der Waals surface area contributed by atoms with Crippen LogP contribution >= 0.6 is 0 Å². The number of carbonyl (C=O) groups is 1. The predicted molar refractivity (Wildman–Crippen MR) is 94.7 cm³/mol. The van der Waals surface area contributed by atoms with Crippen LogP contribution in [0, 0.1) is 6.92 Å². The van der Waals surface area contributed by atoms with E-state index in [2.05, 4.69) is 46.7 Å². The average molecular weight is 323 g/mol. The van der Waals surface area contributed by atoms with Gasteiger partial charge in [0.2, 0.25) is 5.91 Å². The molecule has 0 aromatic heterocycles. The maximum absolute atomic E-state index is 11.7. The molecule has 124 valence electrons. The molecule has 0 aliphatic carbocycles. The number of nitrogens with zero attached hydrogens (tertiary/aromatic N) is 1. The van der Waals surface area contributed by atoms with Crippen LogP contribution in [0.2, 0.25) is 0 Å². The van der Waals surface area contributed by atoms with Crippen molar-refractivity contribution in [3.63, 3.8) is 0 Å². The van der Waals surface area contributed by atoms with Crippen LogP contribution in [-0.4, -0.2) is 25.3 Å². The van der Waals surface area contributed by atoms with E-state index in [1.54, 1.807) is 7.11 Å². The molecular weight excluding hydrogens is 302 g/mol. The molecule has 0 saturated carbocycles. The molecule has 2 unspecified atom stereocenters. The van der Waals surface area contributed by atoms with Crippen molar-refractivity contribution in [3.8, 4) is 0 Å². The predicted octanol–water partition coefficient (Wildman–Crippen LogP) is 2.60. The first kappa shape index (κ1) is 15.0. The van der Waals surface area contributed by atoms with E-state index < -0.39 is 0 Å². The fourth-order valence-corrected chi connectivity index (χ4v) is 3.62. The molecule has 0 spiro atoms. The van der Waals surface area contributed by atoms with Crippen LogP contribution in [0.1, 0.15) is 18.1 Å². The van der Waals surface area contributed by atoms with Gasteiger partial charge < -0.3 is 20.3 Å². The highest BCUT2D eigenvalue weighted by Gasteiger charge is 2.35. The molecule has 1 amide bonds. The summed E-state index contributed by atoms with van der Waals surface area (Å²) < 4.78 is 5.58. The van der Waals surface area contributed by atoms with E-state index in [0.717, 1.165) is 28.2 Å². The summed E-state index contributed by atoms with van der Waals surface area (Å²) in [5, 5.41) is 6.37. The van der Waals surface area contributed by atoms with Crippen molar-refractivity contribution in [2.75, 3.05) is 17.3 Å². The maximum Gasteiger partial charge on any atom is 0.228 e. The van der Waals surface area contributed by atoms with E-state index in [4.69, 9.17) is 4.74 Å². The van der Waals surface area contributed by atoms with E-state index in [0.29, 0.717) is 6.42 Å². The standard InChI is InChI=1S/C19H21N3O2/c1-11-7-15(8-14-10-17(23)21-18(11)14)22-16(12(2)24-3)9-13-5-4-6-20-19(13)22/h4-9,12,19-20H,10H2,1-3H3,(H,21,23). The zero-order valence-corrected chi connectivity index (χ0v) is 14.1. The number of rotatable bonds is 3. The van der Waals surface area contributed by atoms with E-state index >= 15 is 0 Å². The number of methoxy groups -OCH3 is 1. The number of nitrogens with one attached hydrogen (secondary N) is 2. The largest absolute Gasteiger partial charge is 0.376 e. The van der Waals surface area contributed by atoms with Crippen LogP contribution in [0.4, 0.5) is 11.4 Å². The minimum absolute atomic E-state index is 0.0217. The van der Waals surface area contributed by atoms with Gasteiger partial charge in [-0.15, -0.1) is 0 Å². The van der Waals surface area contributed by atoms with Gasteiger partial charge in [-0.25, -0.2) is 0 Å². The molecule has 2 atom stereocenters. The lowest BCUT2D eigenvalue weighted by Crippen LogP contribution is -2.43. The summed E-state index contributed by atoms with van der Waals surface area (Å²) in [5.74, 6) is 0.0620. The van der Waals surface area contributed by atoms with Gasteiger partial charge in [0, 0.05) is 24.2 Å². The summed E-state index contributed by atoms with van der Waals surface area (Å²) >= 11 is 0. The molecule has 3 aliphatic heterocycles. The van der Waals surface area contributed by atoms with Crippen molar-refractivity contribution >= 4 is 17.3 Å². The van der Waals surface area contributed by atoms with Crippen molar-refractivity contribution < 1.29 is 9.53 Å². The number of amides is 1. The topological polar surface area (TPSA) is 53.6 Å². The molecule has 2 N–H and O–H groups in total. The number of aryl methyl sites for hydroxylation is 1. The zero-order valence-electron chi connectivity index (χ0n) is 14.1. The number of hydrogen-bond acceptors (Lipinski definition) is 4. The Morgan fingerprint density at radius 1 is 1.38 bits per heavy atom. The molecule has 1 aromatic carbocycles. The third-order valence-electron chi connectivity index (χ3n) is 4.87. The first-order chi connectivity index (χ1) is 11.6. The number of allylic oxidation sites excluding steroid dienone is 2. The third-order valence-corrected chi connectivity index (χ3v) is 4.87. The molecule has 24 heavy (non-hydrogen) atoms. The van der Waals surface area contributed by atoms with Crippen LogP contribution < -0.4 is 15.5 Å². The normalized spacial score (nSPS) is 22.4. The van der Waals surface area contributed by atoms with Crippen molar-refractivity contribution in [1.82, 2.24) is 5.32 Å². The van der Waals surface area contributed by atoms with Crippen molar-refractivity contribution in [2.45, 2.75) is 32.5 Å². The SMILES string of the molecule is COC(C)C1=CC2=CC=CNC2N1c1cc(C)c2c(c1)CC(=O)N2. The Balaban J connectivity index is 1.80. The Labute approximate surface area is 141 Å². The van der Waals surface area contributed by atoms with Gasteiger partial charge in [-0.3, -0.25) is 4.79 Å². The van der Waals surface area contributed by atoms with E-state index in [-0.39, 0.29) is 18.2 Å². The number of dihydropyridines is 1. The van der Waals surface area contributed by atoms with Gasteiger partial charge in [-0.2, -0.15) is 0 Å². The van der Waals surface area contributed by atoms with Crippen LogP contribution in [0.3, 0.4) is 0 Å². The van der Waals surface area contributed by atoms with Crippen LogP contribution in [-0.2, 0) is 16.0 Å². The zero-order chi connectivity index (χ0) is 16.8. The number of anilines is 2. The summed E-state index contributed by atoms with van der Waals surface area (Å²) in [6.07, 6.45) is 8.75. The third kappa shape index (κ3) is 2.24. The quantitative estimate of drug-likeness (QED) is 0.898. The highest BCUT2D eigenvalue weighted by atomic mass is 16.5. The van der Waals surface area contributed by atoms with Gasteiger partial charge in [0.1, 0.15) is 6.17 Å². The lowest BCUT2D eigenvalue weighted by Gasteiger charge is -2.33. The average Bonchev–Trinajstić information content (AvgIpc) is 3.14. The molecule has 0 fully saturated rings. The second kappa shape index (κ2) is 5.53. The molecular formula is C19H21N3O2. The number of fused-ring (bicyclic) bond motifs is 2. The molecule has 1 aromatic rings. The number of hydrogen-bond donors (Lipinski definition) is 2. The second-order valence-corrected chi connectivity index (χ2v) is 6.43. The Hall–Kier alpha value is -2.53. The van der Waals surface area contributed by atoms with Crippen LogP contribution in [0.15, 0.2) is 47.8 Å². The van der Waals surface area contributed by atoms with Crippen LogP contribution in [0.5, 0.6) is 0 Å². The minimum Gasteiger partial charge on any atom is -0.376 e. The van der Waals surface area contributed by atoms with Gasteiger partial charge in [0.25, 0.3) is 0 Å². The highest BCUT2D eigenvalue weighted by Crippen LogP contribution is 2.39. The number of ether oxygens (including phenoxy) is 1. The van der Waals surface area contributed by atoms with Gasteiger partial charge in [-0.1, -0.05) is 6.08 Å². The van der Waals surface area contributed by atoms with E-state index in [1.807, 2.05) is 19.2 Å². The molecule has 3 aliphatic rings. The molecule has 3 heterocycles. The van der Waals surface area contributed by atoms with E-state index in [1.165, 1.54) is 5.57 Å². The number of benzene rings is 1. The molecule has 5 nitrogen and oxygen atoms in total. The van der Waals surface area contributed by atoms with Gasteiger partial charge in [0.15, 0.2) is 0 Å². The highest BCUT2D eigenvalue weighted by molar-refractivity contribution is 6.00. The Bertz CT molecular complexity index is 807. The molecule has 0 bridgehead atoms. The van der Waals surface area contributed by atoms with E-state index in [9.17, 15) is 4.79 Å². The monoisotopic (exact) mass is 323 g/mol. The summed E-state index contributed by atoms with van der Waals surface area (Å²) in [7, 11) is 1.72. The minimum atomic E-state index is -0.0217. The Morgan fingerprint density at radius 2 is 2.21 bits per heavy atom. The fourth-order valence-electron chi connectivity index (χ4n) is 3.62. The first-order valence-electron chi connectivity index (χ1n) is 8.18. The van der Waals surface area contributed by atoms with Crippen molar-refractivity contribution in [3.05, 3.63) is 59.0 Å². The first-order valence-corrected chi connectivity index (χ1v) is 8.18. The molecule has 4 rings (SSSR count). The molecule has 5 heteroatoms. The lowest BCUT2D eigenvalue weighted by atomic mass is 10.1. The van der Waals surface area contributed by atoms with Gasteiger partial charge in [-0.05, 0) is 61.0 Å². The summed E-state index contributed by atoms with van der Waals surface area (Å²) in [6, 6.07) is 4.24. The molecule has 0 saturated heterocycles. The van der Waals surface area contributed by atoms with Crippen molar-refractivity contribution in [2.24, 2.45) is 0 Å². The maximum atomic E-state index is 11.7. The number of carbonyl (C=O) groups excluding carboxylic acids is 1. The lowest BCUT2D eigenvalue weighted by molar-refractivity contribution is -0.115. The Kier molecular flexibility index (Phi) is 3.46. The summed E-state index contributed by atoms with van der Waals surface area (Å²) in [6.45, 7) is 4.09. The summed E-state index contributed by atoms with van der Waals surface area (Å²) in [4.78, 5) is 14.0. The molecule has 0 radical (unpaired) electrons. The van der Waals surface area contributed by atoms with Crippen molar-refractivity contribution in [1.29, 1.82) is 0 Å². The summed E-state index contributed by atoms with van der Waals surface area (Å²) in [5.41, 5.74) is 6.50. The Morgan fingerprint density at radius 3 is 3.00 bits per heavy atom. The fraction of sp³-hybridized carbons (Fsp3) is 0.316. The second-order valence-electron chi connectivity index (χ2n) is 6.43. The van der Waals surface area contributed by atoms with Gasteiger partial charge in [0.05, 0.1) is 12.5 Å². The van der Waals surface area contributed by atoms with Crippen LogP contribution in [0.25, 0.3) is 0 Å². The smallest absolute Gasteiger partial charge is 0.228 e. The van der Waals surface area contributed by atoms with Gasteiger partial charge >= 0.3 is 0 Å².